The van der Waals surface area contributed by atoms with Crippen LogP contribution in [0.1, 0.15) is 51.4 Å². The largest absolute Gasteiger partial charge is 0.391 e. The normalized spacial score (nSPS) is 32.4. The standard InChI is InChI=1S/C13H24N2O2/c14-9-13(7-4-8-13)12(17)15-10-5-2-1-3-6-11(10)16/h10-11,16H,1-9,14H2,(H,15,17). The zero-order valence-corrected chi connectivity index (χ0v) is 10.5. The molecule has 1 amide bonds. The molecule has 4 nitrogen and oxygen atoms in total. The van der Waals surface area contributed by atoms with E-state index in [9.17, 15) is 9.90 Å². The van der Waals surface area contributed by atoms with Gasteiger partial charge in [-0.2, -0.15) is 0 Å². The van der Waals surface area contributed by atoms with Crippen LogP contribution in [0.2, 0.25) is 0 Å². The van der Waals surface area contributed by atoms with Crippen LogP contribution in [-0.2, 0) is 4.79 Å². The summed E-state index contributed by atoms with van der Waals surface area (Å²) in [5, 5.41) is 13.0. The van der Waals surface area contributed by atoms with Gasteiger partial charge in [-0.1, -0.05) is 25.7 Å². The lowest BCUT2D eigenvalue weighted by Crippen LogP contribution is -2.54. The Morgan fingerprint density at radius 2 is 1.94 bits per heavy atom. The highest BCUT2D eigenvalue weighted by atomic mass is 16.3. The highest BCUT2D eigenvalue weighted by molar-refractivity contribution is 5.84. The molecule has 2 aliphatic carbocycles. The summed E-state index contributed by atoms with van der Waals surface area (Å²) in [7, 11) is 0. The molecule has 2 rings (SSSR count). The summed E-state index contributed by atoms with van der Waals surface area (Å²) in [6.07, 6.45) is 7.54. The molecule has 17 heavy (non-hydrogen) atoms. The molecule has 0 spiro atoms. The van der Waals surface area contributed by atoms with Crippen molar-refractivity contribution < 1.29 is 9.90 Å². The lowest BCUT2D eigenvalue weighted by molar-refractivity contribution is -0.136. The third-order valence-corrected chi connectivity index (χ3v) is 4.48. The average Bonchev–Trinajstić information content (AvgIpc) is 2.44. The molecule has 0 aliphatic heterocycles. The number of aliphatic hydroxyl groups excluding tert-OH is 1. The van der Waals surface area contributed by atoms with Gasteiger partial charge in [-0.15, -0.1) is 0 Å². The van der Waals surface area contributed by atoms with E-state index in [-0.39, 0.29) is 23.5 Å². The van der Waals surface area contributed by atoms with Gasteiger partial charge in [0.15, 0.2) is 0 Å². The number of carbonyl (C=O) groups is 1. The Morgan fingerprint density at radius 1 is 1.24 bits per heavy atom. The molecule has 0 aromatic heterocycles. The predicted molar refractivity (Wildman–Crippen MR) is 66.4 cm³/mol. The Labute approximate surface area is 103 Å². The summed E-state index contributed by atoms with van der Waals surface area (Å²) in [4.78, 5) is 12.2. The maximum Gasteiger partial charge on any atom is 0.227 e. The first-order valence-electron chi connectivity index (χ1n) is 6.87. The van der Waals surface area contributed by atoms with Crippen molar-refractivity contribution >= 4 is 5.91 Å². The van der Waals surface area contributed by atoms with E-state index in [0.717, 1.165) is 51.4 Å². The maximum atomic E-state index is 12.2. The summed E-state index contributed by atoms with van der Waals surface area (Å²) in [6, 6.07) is -0.0611. The smallest absolute Gasteiger partial charge is 0.227 e. The Balaban J connectivity index is 1.92. The molecular formula is C13H24N2O2. The molecular weight excluding hydrogens is 216 g/mol. The van der Waals surface area contributed by atoms with Crippen LogP contribution in [0.4, 0.5) is 0 Å². The van der Waals surface area contributed by atoms with Crippen molar-refractivity contribution in [2.24, 2.45) is 11.1 Å². The third kappa shape index (κ3) is 2.63. The minimum Gasteiger partial charge on any atom is -0.391 e. The molecule has 4 heteroatoms. The quantitative estimate of drug-likeness (QED) is 0.642. The van der Waals surface area contributed by atoms with Crippen LogP contribution in [0.15, 0.2) is 0 Å². The molecule has 2 atom stereocenters. The zero-order valence-electron chi connectivity index (χ0n) is 10.5. The van der Waals surface area contributed by atoms with E-state index in [1.807, 2.05) is 0 Å². The first kappa shape index (κ1) is 12.8. The van der Waals surface area contributed by atoms with Gasteiger partial charge in [-0.05, 0) is 25.7 Å². The lowest BCUT2D eigenvalue weighted by Gasteiger charge is -2.40. The van der Waals surface area contributed by atoms with Gasteiger partial charge in [-0.3, -0.25) is 4.79 Å². The highest BCUT2D eigenvalue weighted by Crippen LogP contribution is 2.40. The fraction of sp³-hybridized carbons (Fsp3) is 0.923. The van der Waals surface area contributed by atoms with Crippen molar-refractivity contribution in [3.05, 3.63) is 0 Å². The predicted octanol–water partition coefficient (Wildman–Crippen LogP) is 0.925. The number of nitrogens with one attached hydrogen (secondary N) is 1. The molecule has 0 aromatic rings. The number of nitrogens with two attached hydrogens (primary N) is 1. The van der Waals surface area contributed by atoms with Crippen molar-refractivity contribution in [1.82, 2.24) is 5.32 Å². The number of rotatable bonds is 3. The van der Waals surface area contributed by atoms with Gasteiger partial charge in [0.1, 0.15) is 0 Å². The average molecular weight is 240 g/mol. The van der Waals surface area contributed by atoms with Crippen LogP contribution < -0.4 is 11.1 Å². The molecule has 0 radical (unpaired) electrons. The first-order chi connectivity index (χ1) is 8.18. The van der Waals surface area contributed by atoms with E-state index >= 15 is 0 Å². The molecule has 2 aliphatic rings. The van der Waals surface area contributed by atoms with Crippen LogP contribution in [0.5, 0.6) is 0 Å². The fourth-order valence-corrected chi connectivity index (χ4v) is 2.91. The van der Waals surface area contributed by atoms with Gasteiger partial charge < -0.3 is 16.2 Å². The molecule has 98 valence electrons. The minimum atomic E-state index is -0.378. The second-order valence-electron chi connectivity index (χ2n) is 5.62. The Morgan fingerprint density at radius 3 is 2.53 bits per heavy atom. The van der Waals surface area contributed by atoms with Crippen LogP contribution >= 0.6 is 0 Å². The number of hydrogen-bond acceptors (Lipinski definition) is 3. The van der Waals surface area contributed by atoms with Gasteiger partial charge in [-0.25, -0.2) is 0 Å². The molecule has 0 saturated heterocycles. The monoisotopic (exact) mass is 240 g/mol. The number of amides is 1. The highest BCUT2D eigenvalue weighted by Gasteiger charge is 2.43. The van der Waals surface area contributed by atoms with Gasteiger partial charge in [0.25, 0.3) is 0 Å². The van der Waals surface area contributed by atoms with Crippen LogP contribution in [-0.4, -0.2) is 29.7 Å². The summed E-state index contributed by atoms with van der Waals surface area (Å²) in [6.45, 7) is 0.432. The summed E-state index contributed by atoms with van der Waals surface area (Å²) in [5.74, 6) is 0.0669. The second kappa shape index (κ2) is 5.36. The zero-order chi connectivity index (χ0) is 12.3. The van der Waals surface area contributed by atoms with E-state index in [2.05, 4.69) is 5.32 Å². The van der Waals surface area contributed by atoms with Crippen molar-refractivity contribution in [2.75, 3.05) is 6.54 Å². The van der Waals surface area contributed by atoms with E-state index < -0.39 is 0 Å². The Hall–Kier alpha value is -0.610. The fourth-order valence-electron chi connectivity index (χ4n) is 2.91. The first-order valence-corrected chi connectivity index (χ1v) is 6.87. The SMILES string of the molecule is NCC1(C(=O)NC2CCCCCC2O)CCC1. The van der Waals surface area contributed by atoms with Crippen molar-refractivity contribution in [3.63, 3.8) is 0 Å². The lowest BCUT2D eigenvalue weighted by atomic mass is 9.68. The number of carbonyl (C=O) groups excluding carboxylic acids is 1. The molecule has 2 saturated carbocycles. The van der Waals surface area contributed by atoms with Gasteiger partial charge in [0.2, 0.25) is 5.91 Å². The summed E-state index contributed by atoms with van der Waals surface area (Å²) >= 11 is 0. The molecule has 0 heterocycles. The van der Waals surface area contributed by atoms with Crippen LogP contribution in [0.25, 0.3) is 0 Å². The molecule has 0 bridgehead atoms. The molecule has 2 fully saturated rings. The van der Waals surface area contributed by atoms with E-state index in [1.54, 1.807) is 0 Å². The van der Waals surface area contributed by atoms with Gasteiger partial charge in [0.05, 0.1) is 17.6 Å². The molecule has 2 unspecified atom stereocenters. The van der Waals surface area contributed by atoms with E-state index in [0.29, 0.717) is 6.54 Å². The van der Waals surface area contributed by atoms with Crippen molar-refractivity contribution in [2.45, 2.75) is 63.5 Å². The summed E-state index contributed by atoms with van der Waals surface area (Å²) in [5.41, 5.74) is 5.39. The van der Waals surface area contributed by atoms with Crippen LogP contribution in [0.3, 0.4) is 0 Å². The van der Waals surface area contributed by atoms with Gasteiger partial charge >= 0.3 is 0 Å². The Kier molecular flexibility index (Phi) is 4.05. The second-order valence-corrected chi connectivity index (χ2v) is 5.62. The van der Waals surface area contributed by atoms with Gasteiger partial charge in [0, 0.05) is 6.54 Å². The molecule has 0 aromatic carbocycles. The number of hydrogen-bond donors (Lipinski definition) is 3. The van der Waals surface area contributed by atoms with E-state index in [1.165, 1.54) is 0 Å². The van der Waals surface area contributed by atoms with Crippen molar-refractivity contribution in [3.8, 4) is 0 Å². The third-order valence-electron chi connectivity index (χ3n) is 4.48. The maximum absolute atomic E-state index is 12.2. The summed E-state index contributed by atoms with van der Waals surface area (Å²) < 4.78 is 0. The molecule has 4 N–H and O–H groups in total. The van der Waals surface area contributed by atoms with Crippen LogP contribution in [0, 0.1) is 5.41 Å². The number of aliphatic hydroxyl groups is 1. The minimum absolute atomic E-state index is 0.0611. The Bertz CT molecular complexity index is 271. The topological polar surface area (TPSA) is 75.4 Å². The van der Waals surface area contributed by atoms with Crippen molar-refractivity contribution in [1.29, 1.82) is 0 Å². The van der Waals surface area contributed by atoms with E-state index in [4.69, 9.17) is 5.73 Å².